The number of hydrogen-bond donors (Lipinski definition) is 2. The van der Waals surface area contributed by atoms with Gasteiger partial charge in [0.15, 0.2) is 5.11 Å². The third kappa shape index (κ3) is 4.59. The van der Waals surface area contributed by atoms with Crippen LogP contribution in [0, 0.1) is 3.57 Å². The predicted molar refractivity (Wildman–Crippen MR) is 98.2 cm³/mol. The Morgan fingerprint density at radius 3 is 2.42 bits per heavy atom. The molecule has 0 unspecified atom stereocenters. The van der Waals surface area contributed by atoms with Crippen molar-refractivity contribution in [2.45, 2.75) is 0 Å². The second-order valence-electron chi connectivity index (χ2n) is 3.71. The fourth-order valence-electron chi connectivity index (χ4n) is 1.41. The van der Waals surface area contributed by atoms with Crippen molar-refractivity contribution in [3.63, 3.8) is 0 Å². The van der Waals surface area contributed by atoms with E-state index in [2.05, 4.69) is 49.2 Å². The van der Waals surface area contributed by atoms with Crippen molar-refractivity contribution in [2.75, 3.05) is 10.6 Å². The zero-order chi connectivity index (χ0) is 13.8. The lowest BCUT2D eigenvalue weighted by atomic mass is 10.3. The Morgan fingerprint density at radius 2 is 1.79 bits per heavy atom. The molecule has 0 amide bonds. The molecule has 2 rings (SSSR count). The molecule has 2 aromatic rings. The fraction of sp³-hybridized carbons (Fsp3) is 0. The van der Waals surface area contributed by atoms with E-state index in [1.54, 1.807) is 0 Å². The zero-order valence-corrected chi connectivity index (χ0v) is 14.9. The minimum atomic E-state index is 0.505. The second-order valence-corrected chi connectivity index (χ2v) is 6.69. The fourth-order valence-corrected chi connectivity index (χ4v) is 2.72. The summed E-state index contributed by atoms with van der Waals surface area (Å²) in [6, 6.07) is 13.6. The first kappa shape index (κ1) is 15.0. The highest BCUT2D eigenvalue weighted by atomic mass is 127. The second kappa shape index (κ2) is 6.88. The summed E-state index contributed by atoms with van der Waals surface area (Å²) in [5.41, 5.74) is 1.71. The highest BCUT2D eigenvalue weighted by Crippen LogP contribution is 2.25. The van der Waals surface area contributed by atoms with Gasteiger partial charge in [0.25, 0.3) is 0 Å². The first-order valence-electron chi connectivity index (χ1n) is 5.33. The summed E-state index contributed by atoms with van der Waals surface area (Å²) in [5.74, 6) is 0. The first-order valence-corrected chi connectivity index (χ1v) is 7.99. The van der Waals surface area contributed by atoms with Crippen LogP contribution in [0.25, 0.3) is 0 Å². The van der Waals surface area contributed by atoms with Crippen LogP contribution in [0.5, 0.6) is 0 Å². The molecule has 0 heterocycles. The van der Waals surface area contributed by atoms with Gasteiger partial charge in [-0.25, -0.2) is 0 Å². The third-order valence-corrected chi connectivity index (χ3v) is 4.01. The molecule has 0 atom stereocenters. The van der Waals surface area contributed by atoms with E-state index < -0.39 is 0 Å². The van der Waals surface area contributed by atoms with E-state index in [0.717, 1.165) is 15.8 Å². The lowest BCUT2D eigenvalue weighted by molar-refractivity contribution is 1.57. The molecule has 0 saturated carbocycles. The summed E-state index contributed by atoms with van der Waals surface area (Å²) >= 11 is 17.0. The molecule has 0 aromatic heterocycles. The number of thiocarbonyl (C=S) groups is 1. The van der Waals surface area contributed by atoms with Crippen molar-refractivity contribution in [2.24, 2.45) is 0 Å². The molecule has 19 heavy (non-hydrogen) atoms. The van der Waals surface area contributed by atoms with E-state index in [1.165, 1.54) is 3.57 Å². The lowest BCUT2D eigenvalue weighted by Gasteiger charge is -2.12. The SMILES string of the molecule is S=C(Nc1ccc(I)cc1)Nc1ccc(Br)cc1Cl. The molecule has 2 nitrogen and oxygen atoms in total. The number of anilines is 2. The van der Waals surface area contributed by atoms with Gasteiger partial charge in [-0.2, -0.15) is 0 Å². The van der Waals surface area contributed by atoms with Crippen LogP contribution in [-0.2, 0) is 0 Å². The molecule has 6 heteroatoms. The van der Waals surface area contributed by atoms with Crippen molar-refractivity contribution >= 4 is 78.8 Å². The van der Waals surface area contributed by atoms with Crippen molar-refractivity contribution < 1.29 is 0 Å². The Morgan fingerprint density at radius 1 is 1.11 bits per heavy atom. The third-order valence-electron chi connectivity index (χ3n) is 2.28. The van der Waals surface area contributed by atoms with Gasteiger partial charge >= 0.3 is 0 Å². The van der Waals surface area contributed by atoms with Gasteiger partial charge in [0, 0.05) is 13.7 Å². The van der Waals surface area contributed by atoms with E-state index in [9.17, 15) is 0 Å². The van der Waals surface area contributed by atoms with Gasteiger partial charge in [0.05, 0.1) is 10.7 Å². The molecular weight excluding hydrogens is 458 g/mol. The topological polar surface area (TPSA) is 24.1 Å². The standard InChI is InChI=1S/C13H9BrClIN2S/c14-8-1-6-12(11(15)7-8)18-13(19)17-10-4-2-9(16)3-5-10/h1-7H,(H2,17,18,19). The Kier molecular flexibility index (Phi) is 5.44. The van der Waals surface area contributed by atoms with E-state index in [0.29, 0.717) is 10.1 Å². The molecule has 0 bridgehead atoms. The number of hydrogen-bond acceptors (Lipinski definition) is 1. The molecule has 2 N–H and O–H groups in total. The maximum Gasteiger partial charge on any atom is 0.175 e. The predicted octanol–water partition coefficient (Wildman–Crippen LogP) is 5.52. The average Bonchev–Trinajstić information content (AvgIpc) is 2.36. The minimum absolute atomic E-state index is 0.505. The quantitative estimate of drug-likeness (QED) is 0.450. The smallest absolute Gasteiger partial charge is 0.175 e. The number of nitrogens with one attached hydrogen (secondary N) is 2. The van der Waals surface area contributed by atoms with Crippen molar-refractivity contribution in [1.29, 1.82) is 0 Å². The molecule has 0 radical (unpaired) electrons. The van der Waals surface area contributed by atoms with Crippen LogP contribution in [0.4, 0.5) is 11.4 Å². The number of halogens is 3. The van der Waals surface area contributed by atoms with Crippen LogP contribution in [0.2, 0.25) is 5.02 Å². The van der Waals surface area contributed by atoms with Gasteiger partial charge in [-0.15, -0.1) is 0 Å². The molecule has 0 fully saturated rings. The Bertz CT molecular complexity index is 604. The van der Waals surface area contributed by atoms with Gasteiger partial charge in [0.1, 0.15) is 0 Å². The number of rotatable bonds is 2. The molecule has 0 spiro atoms. The van der Waals surface area contributed by atoms with E-state index >= 15 is 0 Å². The van der Waals surface area contributed by atoms with Gasteiger partial charge in [0.2, 0.25) is 0 Å². The van der Waals surface area contributed by atoms with Crippen molar-refractivity contribution in [3.05, 3.63) is 55.5 Å². The van der Waals surface area contributed by atoms with Crippen LogP contribution >= 0.6 is 62.3 Å². The monoisotopic (exact) mass is 466 g/mol. The molecule has 98 valence electrons. The molecule has 0 aliphatic rings. The molecular formula is C13H9BrClIN2S. The minimum Gasteiger partial charge on any atom is -0.332 e. The summed E-state index contributed by atoms with van der Waals surface area (Å²) in [4.78, 5) is 0. The summed E-state index contributed by atoms with van der Waals surface area (Å²) in [6.45, 7) is 0. The normalized spacial score (nSPS) is 10.1. The molecule has 2 aromatic carbocycles. The molecule has 0 aliphatic heterocycles. The highest BCUT2D eigenvalue weighted by Gasteiger charge is 2.03. The molecule has 0 aliphatic carbocycles. The van der Waals surface area contributed by atoms with Gasteiger partial charge < -0.3 is 10.6 Å². The van der Waals surface area contributed by atoms with E-state index in [-0.39, 0.29) is 0 Å². The zero-order valence-electron chi connectivity index (χ0n) is 9.58. The summed E-state index contributed by atoms with van der Waals surface area (Å²) < 4.78 is 2.11. The summed E-state index contributed by atoms with van der Waals surface area (Å²) in [7, 11) is 0. The van der Waals surface area contributed by atoms with Crippen LogP contribution in [0.3, 0.4) is 0 Å². The van der Waals surface area contributed by atoms with E-state index in [1.807, 2.05) is 42.5 Å². The Balaban J connectivity index is 2.03. The van der Waals surface area contributed by atoms with Gasteiger partial charge in [-0.05, 0) is 77.3 Å². The Hall–Kier alpha value is -0.370. The maximum absolute atomic E-state index is 6.12. The molecule has 0 saturated heterocycles. The van der Waals surface area contributed by atoms with Crippen molar-refractivity contribution in [1.82, 2.24) is 0 Å². The van der Waals surface area contributed by atoms with Crippen LogP contribution in [0.1, 0.15) is 0 Å². The maximum atomic E-state index is 6.12. The van der Waals surface area contributed by atoms with Crippen LogP contribution < -0.4 is 10.6 Å². The Labute approximate surface area is 144 Å². The average molecular weight is 468 g/mol. The number of benzene rings is 2. The van der Waals surface area contributed by atoms with Crippen LogP contribution in [0.15, 0.2) is 46.9 Å². The summed E-state index contributed by atoms with van der Waals surface area (Å²) in [6.07, 6.45) is 0. The summed E-state index contributed by atoms with van der Waals surface area (Å²) in [5, 5.41) is 7.29. The first-order chi connectivity index (χ1) is 9.04. The highest BCUT2D eigenvalue weighted by molar-refractivity contribution is 14.1. The van der Waals surface area contributed by atoms with Gasteiger partial charge in [-0.1, -0.05) is 27.5 Å². The van der Waals surface area contributed by atoms with Gasteiger partial charge in [-0.3, -0.25) is 0 Å². The van der Waals surface area contributed by atoms with Crippen LogP contribution in [-0.4, -0.2) is 5.11 Å². The largest absolute Gasteiger partial charge is 0.332 e. The lowest BCUT2D eigenvalue weighted by Crippen LogP contribution is -2.19. The van der Waals surface area contributed by atoms with E-state index in [4.69, 9.17) is 23.8 Å². The van der Waals surface area contributed by atoms with Crippen molar-refractivity contribution in [3.8, 4) is 0 Å².